The number of aryl methyl sites for hydroxylation is 1. The average molecular weight is 418 g/mol. The normalized spacial score (nSPS) is 16.0. The molecule has 7 heteroatoms. The van der Waals surface area contributed by atoms with Crippen molar-refractivity contribution in [3.8, 4) is 5.69 Å². The van der Waals surface area contributed by atoms with Crippen molar-refractivity contribution in [2.24, 2.45) is 13.0 Å². The number of rotatable bonds is 5. The minimum Gasteiger partial charge on any atom is -0.320 e. The molecule has 0 spiro atoms. The fourth-order valence-electron chi connectivity index (χ4n) is 4.09. The van der Waals surface area contributed by atoms with Crippen LogP contribution in [0.25, 0.3) is 5.69 Å². The lowest BCUT2D eigenvalue weighted by Crippen LogP contribution is -2.29. The lowest BCUT2D eigenvalue weighted by molar-refractivity contribution is -0.122. The number of nitrogens with one attached hydrogen (secondary N) is 1. The van der Waals surface area contributed by atoms with Crippen molar-refractivity contribution in [3.05, 3.63) is 76.2 Å². The fraction of sp³-hybridized carbons (Fsp3) is 0.292. The second-order valence-corrected chi connectivity index (χ2v) is 7.85. The highest BCUT2D eigenvalue weighted by molar-refractivity contribution is 6.03. The predicted octanol–water partition coefficient (Wildman–Crippen LogP) is 3.04. The van der Waals surface area contributed by atoms with E-state index in [0.29, 0.717) is 12.2 Å². The van der Waals surface area contributed by atoms with Gasteiger partial charge in [-0.25, -0.2) is 4.68 Å². The molecule has 1 N–H and O–H groups in total. The number of hydrogen-bond donors (Lipinski definition) is 1. The molecule has 2 heterocycles. The second kappa shape index (κ2) is 8.26. The number of anilines is 2. The third-order valence-corrected chi connectivity index (χ3v) is 5.89. The van der Waals surface area contributed by atoms with Crippen LogP contribution in [0.1, 0.15) is 24.6 Å². The Morgan fingerprint density at radius 2 is 1.71 bits per heavy atom. The van der Waals surface area contributed by atoms with Crippen LogP contribution in [0, 0.1) is 12.8 Å². The predicted molar refractivity (Wildman–Crippen MR) is 121 cm³/mol. The van der Waals surface area contributed by atoms with Gasteiger partial charge in [0, 0.05) is 25.7 Å². The zero-order valence-electron chi connectivity index (χ0n) is 18.0. The summed E-state index contributed by atoms with van der Waals surface area (Å²) in [4.78, 5) is 39.9. The van der Waals surface area contributed by atoms with E-state index in [4.69, 9.17) is 0 Å². The smallest absolute Gasteiger partial charge is 0.290 e. The molecule has 0 aliphatic carbocycles. The summed E-state index contributed by atoms with van der Waals surface area (Å²) in [6.07, 6.45) is 1.05. The molecule has 2 amide bonds. The van der Waals surface area contributed by atoms with Crippen molar-refractivity contribution in [2.75, 3.05) is 16.8 Å². The molecule has 0 radical (unpaired) electrons. The highest BCUT2D eigenvalue weighted by Crippen LogP contribution is 2.27. The van der Waals surface area contributed by atoms with Gasteiger partial charge in [-0.3, -0.25) is 19.1 Å². The summed E-state index contributed by atoms with van der Waals surface area (Å²) >= 11 is 0. The first-order valence-electron chi connectivity index (χ1n) is 10.4. The molecule has 0 bridgehead atoms. The molecule has 0 saturated carbocycles. The van der Waals surface area contributed by atoms with Gasteiger partial charge < -0.3 is 10.2 Å². The van der Waals surface area contributed by atoms with Crippen LogP contribution >= 0.6 is 0 Å². The third-order valence-electron chi connectivity index (χ3n) is 5.89. The minimum absolute atomic E-state index is 0.0871. The van der Waals surface area contributed by atoms with E-state index in [-0.39, 0.29) is 29.5 Å². The Kier molecular flexibility index (Phi) is 5.50. The monoisotopic (exact) mass is 418 g/mol. The van der Waals surface area contributed by atoms with Crippen LogP contribution in [-0.4, -0.2) is 27.7 Å². The van der Waals surface area contributed by atoms with E-state index >= 15 is 0 Å². The lowest BCUT2D eigenvalue weighted by Gasteiger charge is -2.17. The van der Waals surface area contributed by atoms with E-state index in [1.165, 1.54) is 10.2 Å². The van der Waals surface area contributed by atoms with E-state index < -0.39 is 5.92 Å². The minimum atomic E-state index is -0.512. The van der Waals surface area contributed by atoms with Gasteiger partial charge in [-0.2, -0.15) is 0 Å². The molecule has 1 atom stereocenters. The maximum Gasteiger partial charge on any atom is 0.290 e. The largest absolute Gasteiger partial charge is 0.320 e. The summed E-state index contributed by atoms with van der Waals surface area (Å²) in [6, 6.07) is 17.3. The molecule has 1 unspecified atom stereocenters. The van der Waals surface area contributed by atoms with Gasteiger partial charge in [0.05, 0.1) is 17.3 Å². The lowest BCUT2D eigenvalue weighted by atomic mass is 10.1. The number of para-hydroxylation sites is 1. The van der Waals surface area contributed by atoms with Gasteiger partial charge in [0.2, 0.25) is 11.8 Å². The van der Waals surface area contributed by atoms with Crippen molar-refractivity contribution >= 4 is 23.2 Å². The topological polar surface area (TPSA) is 76.3 Å². The SMILES string of the molecule is CCc1ccc(N2CC(C(=O)Nc3c(C)n(-c4ccccc4)n(C)c3=O)CC2=O)cc1. The van der Waals surface area contributed by atoms with E-state index in [1.54, 1.807) is 23.6 Å². The van der Waals surface area contributed by atoms with Crippen LogP contribution in [0.15, 0.2) is 59.4 Å². The average Bonchev–Trinajstić information content (AvgIpc) is 3.27. The number of carbonyl (C=O) groups is 2. The van der Waals surface area contributed by atoms with E-state index in [1.807, 2.05) is 54.6 Å². The molecule has 1 aliphatic heterocycles. The van der Waals surface area contributed by atoms with Gasteiger partial charge in [0.25, 0.3) is 5.56 Å². The summed E-state index contributed by atoms with van der Waals surface area (Å²) in [5, 5.41) is 2.79. The summed E-state index contributed by atoms with van der Waals surface area (Å²) in [5.41, 5.74) is 3.42. The Morgan fingerprint density at radius 1 is 1.03 bits per heavy atom. The Hall–Kier alpha value is -3.61. The molecule has 3 aromatic rings. The van der Waals surface area contributed by atoms with Crippen molar-refractivity contribution in [1.82, 2.24) is 9.36 Å². The van der Waals surface area contributed by atoms with E-state index in [9.17, 15) is 14.4 Å². The summed E-state index contributed by atoms with van der Waals surface area (Å²) in [7, 11) is 1.67. The second-order valence-electron chi connectivity index (χ2n) is 7.85. The number of benzene rings is 2. The third kappa shape index (κ3) is 3.79. The van der Waals surface area contributed by atoms with Gasteiger partial charge in [0.15, 0.2) is 0 Å². The first-order valence-corrected chi connectivity index (χ1v) is 10.4. The zero-order chi connectivity index (χ0) is 22.1. The van der Waals surface area contributed by atoms with Gasteiger partial charge in [0.1, 0.15) is 5.69 Å². The van der Waals surface area contributed by atoms with Gasteiger partial charge in [-0.1, -0.05) is 37.3 Å². The van der Waals surface area contributed by atoms with Crippen LogP contribution in [0.5, 0.6) is 0 Å². The standard InChI is InChI=1S/C24H26N4O3/c1-4-17-10-12-19(13-11-17)27-15-18(14-21(27)29)23(30)25-22-16(2)28(26(3)24(22)31)20-8-6-5-7-9-20/h5-13,18H,4,14-15H2,1-3H3,(H,25,30). The van der Waals surface area contributed by atoms with Crippen LogP contribution in [0.3, 0.4) is 0 Å². The molecular weight excluding hydrogens is 392 g/mol. The summed E-state index contributed by atoms with van der Waals surface area (Å²) < 4.78 is 3.24. The number of aromatic nitrogens is 2. The van der Waals surface area contributed by atoms with Gasteiger partial charge in [-0.15, -0.1) is 0 Å². The first-order chi connectivity index (χ1) is 14.9. The zero-order valence-corrected chi connectivity index (χ0v) is 18.0. The van der Waals surface area contributed by atoms with Crippen molar-refractivity contribution in [2.45, 2.75) is 26.7 Å². The number of nitrogens with zero attached hydrogens (tertiary/aromatic N) is 3. The summed E-state index contributed by atoms with van der Waals surface area (Å²) in [5.74, 6) is -0.912. The van der Waals surface area contributed by atoms with Crippen LogP contribution in [-0.2, 0) is 23.1 Å². The van der Waals surface area contributed by atoms with Crippen LogP contribution in [0.2, 0.25) is 0 Å². The van der Waals surface area contributed by atoms with Crippen LogP contribution in [0.4, 0.5) is 11.4 Å². The first kappa shape index (κ1) is 20.7. The molecule has 1 aliphatic rings. The molecule has 160 valence electrons. The molecule has 1 aromatic heterocycles. The van der Waals surface area contributed by atoms with Crippen molar-refractivity contribution in [3.63, 3.8) is 0 Å². The van der Waals surface area contributed by atoms with E-state index in [0.717, 1.165) is 17.8 Å². The Morgan fingerprint density at radius 3 is 2.35 bits per heavy atom. The fourth-order valence-corrected chi connectivity index (χ4v) is 4.09. The quantitative estimate of drug-likeness (QED) is 0.692. The molecule has 1 saturated heterocycles. The van der Waals surface area contributed by atoms with Gasteiger partial charge in [-0.05, 0) is 43.2 Å². The highest BCUT2D eigenvalue weighted by atomic mass is 16.2. The molecule has 4 rings (SSSR count). The number of hydrogen-bond acceptors (Lipinski definition) is 3. The molecule has 2 aromatic carbocycles. The maximum absolute atomic E-state index is 13.0. The van der Waals surface area contributed by atoms with E-state index in [2.05, 4.69) is 12.2 Å². The molecular formula is C24H26N4O3. The molecule has 1 fully saturated rings. The Balaban J connectivity index is 1.54. The highest BCUT2D eigenvalue weighted by Gasteiger charge is 2.36. The van der Waals surface area contributed by atoms with Crippen LogP contribution < -0.4 is 15.8 Å². The Bertz CT molecular complexity index is 1180. The molecule has 7 nitrogen and oxygen atoms in total. The Labute approximate surface area is 180 Å². The van der Waals surface area contributed by atoms with Crippen molar-refractivity contribution < 1.29 is 9.59 Å². The summed E-state index contributed by atoms with van der Waals surface area (Å²) in [6.45, 7) is 4.17. The maximum atomic E-state index is 13.0. The number of carbonyl (C=O) groups excluding carboxylic acids is 2. The molecule has 31 heavy (non-hydrogen) atoms. The van der Waals surface area contributed by atoms with Gasteiger partial charge >= 0.3 is 0 Å². The van der Waals surface area contributed by atoms with Crippen molar-refractivity contribution in [1.29, 1.82) is 0 Å². The number of amides is 2.